The summed E-state index contributed by atoms with van der Waals surface area (Å²) < 4.78 is 25.9. The molecule has 3 rings (SSSR count). The average molecular weight is 299 g/mol. The first-order valence-electron chi connectivity index (χ1n) is 6.76. The quantitative estimate of drug-likeness (QED) is 0.723. The molecule has 0 amide bonds. The Bertz CT molecular complexity index is 919. The molecular formula is C17H17NO2S. The molecule has 0 fully saturated rings. The molecule has 0 aliphatic carbocycles. The van der Waals surface area contributed by atoms with Crippen molar-refractivity contribution < 1.29 is 8.42 Å². The number of fused-ring (bicyclic) bond motifs is 1. The van der Waals surface area contributed by atoms with Gasteiger partial charge in [0, 0.05) is 5.39 Å². The highest BCUT2D eigenvalue weighted by Gasteiger charge is 2.17. The molecule has 0 bridgehead atoms. The molecule has 0 unspecified atom stereocenters. The molecule has 3 nitrogen and oxygen atoms in total. The summed E-state index contributed by atoms with van der Waals surface area (Å²) in [5.74, 6) is 0. The van der Waals surface area contributed by atoms with Crippen molar-refractivity contribution in [3.63, 3.8) is 0 Å². The Morgan fingerprint density at radius 2 is 1.48 bits per heavy atom. The van der Waals surface area contributed by atoms with Gasteiger partial charge in [0.15, 0.2) is 0 Å². The fraction of sp³-hybridized carbons (Fsp3) is 0.176. The van der Waals surface area contributed by atoms with Crippen molar-refractivity contribution in [1.29, 1.82) is 0 Å². The molecule has 21 heavy (non-hydrogen) atoms. The minimum absolute atomic E-state index is 0.707. The maximum atomic E-state index is 12.2. The molecule has 0 N–H and O–H groups in total. The van der Waals surface area contributed by atoms with Crippen molar-refractivity contribution in [3.05, 3.63) is 59.7 Å². The lowest BCUT2D eigenvalue weighted by Crippen LogP contribution is -2.11. The van der Waals surface area contributed by atoms with Crippen LogP contribution in [-0.2, 0) is 10.0 Å². The molecule has 108 valence electrons. The molecule has 0 atom stereocenters. The highest BCUT2D eigenvalue weighted by molar-refractivity contribution is 7.89. The van der Waals surface area contributed by atoms with Gasteiger partial charge < -0.3 is 0 Å². The van der Waals surface area contributed by atoms with Crippen molar-refractivity contribution in [1.82, 2.24) is 3.97 Å². The lowest BCUT2D eigenvalue weighted by atomic mass is 10.1. The molecule has 0 aliphatic heterocycles. The van der Waals surface area contributed by atoms with Gasteiger partial charge in [-0.2, -0.15) is 0 Å². The van der Waals surface area contributed by atoms with Gasteiger partial charge in [-0.1, -0.05) is 41.5 Å². The zero-order valence-electron chi connectivity index (χ0n) is 12.3. The van der Waals surface area contributed by atoms with E-state index < -0.39 is 10.0 Å². The van der Waals surface area contributed by atoms with Crippen LogP contribution in [0.4, 0.5) is 0 Å². The standard InChI is InChI=1S/C17H17NO2S/c1-12-4-7-14(8-5-12)17-11-15-10-13(2)6-9-16(15)18(17)21(3,19)20/h4-11H,1-3H3. The van der Waals surface area contributed by atoms with E-state index in [4.69, 9.17) is 0 Å². The van der Waals surface area contributed by atoms with E-state index in [9.17, 15) is 8.42 Å². The third-order valence-electron chi connectivity index (χ3n) is 3.59. The highest BCUT2D eigenvalue weighted by Crippen LogP contribution is 2.30. The molecule has 0 spiro atoms. The summed E-state index contributed by atoms with van der Waals surface area (Å²) in [5, 5.41) is 0.941. The normalized spacial score (nSPS) is 12.0. The lowest BCUT2D eigenvalue weighted by Gasteiger charge is -2.09. The molecule has 0 aliphatic rings. The maximum Gasteiger partial charge on any atom is 0.236 e. The number of rotatable bonds is 2. The van der Waals surface area contributed by atoms with Crippen LogP contribution in [0.1, 0.15) is 11.1 Å². The Labute approximate surface area is 124 Å². The molecule has 0 saturated carbocycles. The van der Waals surface area contributed by atoms with Gasteiger partial charge in [0.2, 0.25) is 10.0 Å². The van der Waals surface area contributed by atoms with E-state index in [1.165, 1.54) is 10.2 Å². The molecule has 1 aromatic heterocycles. The Hall–Kier alpha value is -2.07. The van der Waals surface area contributed by atoms with Gasteiger partial charge in [0.05, 0.1) is 17.5 Å². The van der Waals surface area contributed by atoms with E-state index >= 15 is 0 Å². The third-order valence-corrected chi connectivity index (χ3v) is 4.65. The van der Waals surface area contributed by atoms with Crippen LogP contribution >= 0.6 is 0 Å². The number of benzene rings is 2. The van der Waals surface area contributed by atoms with E-state index in [1.54, 1.807) is 0 Å². The van der Waals surface area contributed by atoms with Gasteiger partial charge in [0.1, 0.15) is 0 Å². The van der Waals surface area contributed by atoms with E-state index in [2.05, 4.69) is 0 Å². The SMILES string of the molecule is Cc1ccc(-c2cc3cc(C)ccc3n2S(C)(=O)=O)cc1. The van der Waals surface area contributed by atoms with Gasteiger partial charge in [-0.05, 0) is 37.6 Å². The number of hydrogen-bond acceptors (Lipinski definition) is 2. The number of hydrogen-bond donors (Lipinski definition) is 0. The summed E-state index contributed by atoms with van der Waals surface area (Å²) in [5.41, 5.74) is 4.59. The van der Waals surface area contributed by atoms with Crippen LogP contribution in [0.2, 0.25) is 0 Å². The average Bonchev–Trinajstić information content (AvgIpc) is 2.77. The fourth-order valence-corrected chi connectivity index (χ4v) is 3.63. The second kappa shape index (κ2) is 4.74. The summed E-state index contributed by atoms with van der Waals surface area (Å²) >= 11 is 0. The summed E-state index contributed by atoms with van der Waals surface area (Å²) in [4.78, 5) is 0. The zero-order valence-corrected chi connectivity index (χ0v) is 13.1. The zero-order chi connectivity index (χ0) is 15.2. The molecule has 1 heterocycles. The molecule has 2 aromatic carbocycles. The minimum atomic E-state index is -3.37. The first kappa shape index (κ1) is 13.9. The molecule has 4 heteroatoms. The van der Waals surface area contributed by atoms with Crippen molar-refractivity contribution in [2.24, 2.45) is 0 Å². The van der Waals surface area contributed by atoms with E-state index in [0.29, 0.717) is 5.69 Å². The minimum Gasteiger partial charge on any atom is -0.237 e. The fourth-order valence-electron chi connectivity index (χ4n) is 2.59. The summed E-state index contributed by atoms with van der Waals surface area (Å²) in [6.07, 6.45) is 1.24. The maximum absolute atomic E-state index is 12.2. The lowest BCUT2D eigenvalue weighted by molar-refractivity contribution is 0.595. The second-order valence-electron chi connectivity index (χ2n) is 5.49. The van der Waals surface area contributed by atoms with Crippen LogP contribution in [0.5, 0.6) is 0 Å². The van der Waals surface area contributed by atoms with Crippen molar-refractivity contribution >= 4 is 20.9 Å². The van der Waals surface area contributed by atoms with Gasteiger partial charge in [-0.3, -0.25) is 0 Å². The molecular weight excluding hydrogens is 282 g/mol. The van der Waals surface area contributed by atoms with E-state index in [-0.39, 0.29) is 0 Å². The third kappa shape index (κ3) is 2.47. The molecule has 0 saturated heterocycles. The Kier molecular flexibility index (Phi) is 3.14. The summed E-state index contributed by atoms with van der Waals surface area (Å²) in [6.45, 7) is 4.02. The van der Waals surface area contributed by atoms with Gasteiger partial charge in [0.25, 0.3) is 0 Å². The molecule has 0 radical (unpaired) electrons. The van der Waals surface area contributed by atoms with Crippen LogP contribution in [0, 0.1) is 13.8 Å². The van der Waals surface area contributed by atoms with Crippen LogP contribution in [-0.4, -0.2) is 18.6 Å². The van der Waals surface area contributed by atoms with Crippen LogP contribution in [0.15, 0.2) is 48.5 Å². The monoisotopic (exact) mass is 299 g/mol. The van der Waals surface area contributed by atoms with Gasteiger partial charge in [-0.25, -0.2) is 12.4 Å². The van der Waals surface area contributed by atoms with Crippen molar-refractivity contribution in [2.45, 2.75) is 13.8 Å². The van der Waals surface area contributed by atoms with Crippen LogP contribution < -0.4 is 0 Å². The highest BCUT2D eigenvalue weighted by atomic mass is 32.2. The smallest absolute Gasteiger partial charge is 0.236 e. The van der Waals surface area contributed by atoms with E-state index in [0.717, 1.165) is 27.6 Å². The van der Waals surface area contributed by atoms with Crippen molar-refractivity contribution in [3.8, 4) is 11.3 Å². The van der Waals surface area contributed by atoms with Crippen LogP contribution in [0.3, 0.4) is 0 Å². The Balaban J connectivity index is 2.38. The van der Waals surface area contributed by atoms with Crippen molar-refractivity contribution in [2.75, 3.05) is 6.26 Å². The first-order valence-corrected chi connectivity index (χ1v) is 8.61. The summed E-state index contributed by atoms with van der Waals surface area (Å²) in [6, 6.07) is 15.6. The Morgan fingerprint density at radius 1 is 0.857 bits per heavy atom. The predicted molar refractivity (Wildman–Crippen MR) is 87.1 cm³/mol. The number of nitrogens with zero attached hydrogens (tertiary/aromatic N) is 1. The first-order chi connectivity index (χ1) is 9.86. The largest absolute Gasteiger partial charge is 0.237 e. The number of aryl methyl sites for hydroxylation is 2. The Morgan fingerprint density at radius 3 is 2.10 bits per heavy atom. The number of aromatic nitrogens is 1. The second-order valence-corrected chi connectivity index (χ2v) is 7.32. The topological polar surface area (TPSA) is 39.1 Å². The van der Waals surface area contributed by atoms with E-state index in [1.807, 2.05) is 62.4 Å². The molecule has 3 aromatic rings. The van der Waals surface area contributed by atoms with Gasteiger partial charge in [-0.15, -0.1) is 0 Å². The van der Waals surface area contributed by atoms with Gasteiger partial charge >= 0.3 is 0 Å². The van der Waals surface area contributed by atoms with Crippen LogP contribution in [0.25, 0.3) is 22.2 Å². The summed E-state index contributed by atoms with van der Waals surface area (Å²) in [7, 11) is -3.37. The predicted octanol–water partition coefficient (Wildman–Crippen LogP) is 3.73.